The molecule has 2 saturated heterocycles. The SMILES string of the molecule is Cc1ccc(C(=O)N2CCC3(CC2)OCC(C(=O)NCC(C)C)N3C(=O)c2ccc(C)cc2)cc1. The number of rotatable bonds is 5. The van der Waals surface area contributed by atoms with E-state index in [0.717, 1.165) is 11.1 Å². The third kappa shape index (κ3) is 5.25. The van der Waals surface area contributed by atoms with Crippen LogP contribution >= 0.6 is 0 Å². The van der Waals surface area contributed by atoms with Gasteiger partial charge in [-0.3, -0.25) is 19.3 Å². The predicted molar refractivity (Wildman–Crippen MR) is 134 cm³/mol. The molecule has 4 rings (SSSR count). The van der Waals surface area contributed by atoms with E-state index in [2.05, 4.69) is 5.32 Å². The molecule has 2 aromatic rings. The highest BCUT2D eigenvalue weighted by Gasteiger charge is 2.54. The summed E-state index contributed by atoms with van der Waals surface area (Å²) in [5, 5.41) is 2.97. The number of aryl methyl sites for hydroxylation is 2. The first-order valence-electron chi connectivity index (χ1n) is 12.4. The first-order chi connectivity index (χ1) is 16.7. The predicted octanol–water partition coefficient (Wildman–Crippen LogP) is 3.55. The van der Waals surface area contributed by atoms with E-state index in [0.29, 0.717) is 49.5 Å². The van der Waals surface area contributed by atoms with Gasteiger partial charge in [-0.2, -0.15) is 0 Å². The quantitative estimate of drug-likeness (QED) is 0.714. The van der Waals surface area contributed by atoms with E-state index in [9.17, 15) is 14.4 Å². The fourth-order valence-corrected chi connectivity index (χ4v) is 4.76. The molecule has 2 fully saturated rings. The summed E-state index contributed by atoms with van der Waals surface area (Å²) in [6, 6.07) is 14.2. The van der Waals surface area contributed by atoms with Crippen LogP contribution in [0.15, 0.2) is 48.5 Å². The topological polar surface area (TPSA) is 79.0 Å². The zero-order valence-electron chi connectivity index (χ0n) is 21.0. The third-order valence-electron chi connectivity index (χ3n) is 6.90. The number of nitrogens with one attached hydrogen (secondary N) is 1. The van der Waals surface area contributed by atoms with Crippen LogP contribution in [0.2, 0.25) is 0 Å². The molecule has 0 bridgehead atoms. The Kier molecular flexibility index (Phi) is 7.26. The summed E-state index contributed by atoms with van der Waals surface area (Å²) in [6.07, 6.45) is 0.909. The van der Waals surface area contributed by atoms with Gasteiger partial charge in [-0.15, -0.1) is 0 Å². The molecule has 2 heterocycles. The molecule has 186 valence electrons. The normalized spacial score (nSPS) is 19.3. The molecule has 0 aliphatic carbocycles. The second-order valence-corrected chi connectivity index (χ2v) is 10.1. The maximum Gasteiger partial charge on any atom is 0.256 e. The fourth-order valence-electron chi connectivity index (χ4n) is 4.76. The molecule has 2 aliphatic heterocycles. The van der Waals surface area contributed by atoms with E-state index in [1.807, 2.05) is 64.1 Å². The van der Waals surface area contributed by atoms with Gasteiger partial charge in [0.15, 0.2) is 0 Å². The van der Waals surface area contributed by atoms with E-state index in [-0.39, 0.29) is 24.3 Å². The molecule has 2 aliphatic rings. The Morgan fingerprint density at radius 2 is 1.43 bits per heavy atom. The number of nitrogens with zero attached hydrogens (tertiary/aromatic N) is 2. The Labute approximate surface area is 207 Å². The molecule has 0 saturated carbocycles. The standard InChI is InChI=1S/C28H35N3O4/c1-19(2)17-29-25(32)24-18-35-28(31(24)27(34)23-11-7-21(4)8-12-23)13-15-30(16-14-28)26(33)22-9-5-20(3)6-10-22/h5-12,19,24H,13-18H2,1-4H3,(H,29,32). The maximum absolute atomic E-state index is 13.7. The lowest BCUT2D eigenvalue weighted by Gasteiger charge is -2.44. The largest absolute Gasteiger partial charge is 0.354 e. The van der Waals surface area contributed by atoms with Gasteiger partial charge >= 0.3 is 0 Å². The minimum absolute atomic E-state index is 0.0273. The fraction of sp³-hybridized carbons (Fsp3) is 0.464. The van der Waals surface area contributed by atoms with Crippen LogP contribution in [0.1, 0.15) is 58.5 Å². The number of hydrogen-bond acceptors (Lipinski definition) is 4. The van der Waals surface area contributed by atoms with Crippen molar-refractivity contribution >= 4 is 17.7 Å². The first-order valence-corrected chi connectivity index (χ1v) is 12.4. The molecule has 0 radical (unpaired) electrons. The molecule has 0 aromatic heterocycles. The number of carbonyl (C=O) groups is 3. The number of piperidine rings is 1. The van der Waals surface area contributed by atoms with Crippen molar-refractivity contribution in [3.8, 4) is 0 Å². The van der Waals surface area contributed by atoms with Crippen LogP contribution in [0.25, 0.3) is 0 Å². The van der Waals surface area contributed by atoms with Crippen molar-refractivity contribution in [3.05, 3.63) is 70.8 Å². The van der Waals surface area contributed by atoms with Crippen molar-refractivity contribution in [3.63, 3.8) is 0 Å². The highest BCUT2D eigenvalue weighted by molar-refractivity contribution is 5.98. The van der Waals surface area contributed by atoms with E-state index in [1.54, 1.807) is 21.9 Å². The van der Waals surface area contributed by atoms with Crippen LogP contribution in [0, 0.1) is 19.8 Å². The van der Waals surface area contributed by atoms with E-state index in [4.69, 9.17) is 4.74 Å². The number of likely N-dealkylation sites (tertiary alicyclic amines) is 1. The molecular weight excluding hydrogens is 442 g/mol. The van der Waals surface area contributed by atoms with Gasteiger partial charge in [-0.25, -0.2) is 0 Å². The lowest BCUT2D eigenvalue weighted by Crippen LogP contribution is -2.60. The number of hydrogen-bond donors (Lipinski definition) is 1. The van der Waals surface area contributed by atoms with Crippen molar-refractivity contribution < 1.29 is 19.1 Å². The summed E-state index contributed by atoms with van der Waals surface area (Å²) >= 11 is 0. The summed E-state index contributed by atoms with van der Waals surface area (Å²) in [7, 11) is 0. The van der Waals surface area contributed by atoms with E-state index in [1.165, 1.54) is 0 Å². The monoisotopic (exact) mass is 477 g/mol. The Morgan fingerprint density at radius 1 is 0.914 bits per heavy atom. The maximum atomic E-state index is 13.7. The zero-order valence-corrected chi connectivity index (χ0v) is 21.0. The Hall–Kier alpha value is -3.19. The van der Waals surface area contributed by atoms with Gasteiger partial charge in [-0.1, -0.05) is 49.2 Å². The van der Waals surface area contributed by atoms with Gasteiger partial charge in [0, 0.05) is 43.6 Å². The van der Waals surface area contributed by atoms with Gasteiger partial charge < -0.3 is 15.0 Å². The molecule has 1 atom stereocenters. The van der Waals surface area contributed by atoms with Gasteiger partial charge in [0.1, 0.15) is 11.8 Å². The van der Waals surface area contributed by atoms with Crippen molar-refractivity contribution in [1.29, 1.82) is 0 Å². The number of ether oxygens (including phenoxy) is 1. The number of carbonyl (C=O) groups excluding carboxylic acids is 3. The van der Waals surface area contributed by atoms with E-state index >= 15 is 0 Å². The third-order valence-corrected chi connectivity index (χ3v) is 6.90. The lowest BCUT2D eigenvalue weighted by molar-refractivity contribution is -0.128. The summed E-state index contributed by atoms with van der Waals surface area (Å²) in [5.41, 5.74) is 2.43. The Bertz CT molecular complexity index is 1070. The van der Waals surface area contributed by atoms with Crippen LogP contribution in [0.4, 0.5) is 0 Å². The summed E-state index contributed by atoms with van der Waals surface area (Å²) in [5.74, 6) is -0.146. The molecule has 3 amide bonds. The Morgan fingerprint density at radius 3 is 1.94 bits per heavy atom. The average molecular weight is 478 g/mol. The van der Waals surface area contributed by atoms with Crippen LogP contribution < -0.4 is 5.32 Å². The highest BCUT2D eigenvalue weighted by atomic mass is 16.5. The minimum atomic E-state index is -0.911. The number of benzene rings is 2. The molecule has 1 spiro atoms. The van der Waals surface area contributed by atoms with Crippen LogP contribution in [-0.4, -0.2) is 65.5 Å². The van der Waals surface area contributed by atoms with Crippen LogP contribution in [0.3, 0.4) is 0 Å². The van der Waals surface area contributed by atoms with Crippen molar-refractivity contribution in [2.75, 3.05) is 26.2 Å². The molecule has 35 heavy (non-hydrogen) atoms. The van der Waals surface area contributed by atoms with Gasteiger partial charge in [0.2, 0.25) is 5.91 Å². The van der Waals surface area contributed by atoms with Gasteiger partial charge in [-0.05, 0) is 44.0 Å². The Balaban J connectivity index is 1.55. The molecule has 7 nitrogen and oxygen atoms in total. The van der Waals surface area contributed by atoms with Gasteiger partial charge in [0.05, 0.1) is 6.61 Å². The molecule has 1 unspecified atom stereocenters. The summed E-state index contributed by atoms with van der Waals surface area (Å²) < 4.78 is 6.26. The molecular formula is C28H35N3O4. The second kappa shape index (κ2) is 10.2. The van der Waals surface area contributed by atoms with Crippen molar-refractivity contribution in [2.24, 2.45) is 5.92 Å². The van der Waals surface area contributed by atoms with Gasteiger partial charge in [0.25, 0.3) is 11.8 Å². The average Bonchev–Trinajstić information content (AvgIpc) is 3.21. The van der Waals surface area contributed by atoms with E-state index < -0.39 is 11.8 Å². The minimum Gasteiger partial charge on any atom is -0.354 e. The van der Waals surface area contributed by atoms with Crippen molar-refractivity contribution in [2.45, 2.75) is 52.3 Å². The van der Waals surface area contributed by atoms with Crippen LogP contribution in [0.5, 0.6) is 0 Å². The first kappa shape index (κ1) is 24.9. The second-order valence-electron chi connectivity index (χ2n) is 10.1. The molecule has 7 heteroatoms. The number of amides is 3. The summed E-state index contributed by atoms with van der Waals surface area (Å²) in [6.45, 7) is 9.60. The highest BCUT2D eigenvalue weighted by Crippen LogP contribution is 2.39. The van der Waals surface area contributed by atoms with Crippen LogP contribution in [-0.2, 0) is 9.53 Å². The summed E-state index contributed by atoms with van der Waals surface area (Å²) in [4.78, 5) is 43.3. The zero-order chi connectivity index (χ0) is 25.2. The molecule has 2 aromatic carbocycles. The lowest BCUT2D eigenvalue weighted by atomic mass is 9.95. The smallest absolute Gasteiger partial charge is 0.256 e. The molecule has 1 N–H and O–H groups in total. The van der Waals surface area contributed by atoms with Crippen molar-refractivity contribution in [1.82, 2.24) is 15.1 Å².